The average molecular weight is 448 g/mol. The molecule has 1 aromatic heterocycles. The molecule has 1 aromatic carbocycles. The van der Waals surface area contributed by atoms with Crippen molar-refractivity contribution in [3.8, 4) is 11.1 Å². The second-order valence-corrected chi connectivity index (χ2v) is 9.66. The van der Waals surface area contributed by atoms with Crippen molar-refractivity contribution in [2.75, 3.05) is 7.11 Å². The first kappa shape index (κ1) is 21.9. The Bertz CT molecular complexity index is 1080. The molecule has 0 unspecified atom stereocenters. The van der Waals surface area contributed by atoms with Crippen LogP contribution in [0.2, 0.25) is 0 Å². The molecule has 2 heterocycles. The van der Waals surface area contributed by atoms with Gasteiger partial charge in [0.15, 0.2) is 0 Å². The number of rotatable bonds is 4. The van der Waals surface area contributed by atoms with Crippen LogP contribution < -0.4 is 0 Å². The maximum absolute atomic E-state index is 13.6. The van der Waals surface area contributed by atoms with Crippen molar-refractivity contribution < 1.29 is 18.7 Å². The highest BCUT2D eigenvalue weighted by Crippen LogP contribution is 2.54. The molecule has 2 aromatic rings. The fourth-order valence-electron chi connectivity index (χ4n) is 6.32. The molecule has 172 valence electrons. The molecule has 3 aliphatic rings. The number of halogens is 1. The summed E-state index contributed by atoms with van der Waals surface area (Å²) in [5.41, 5.74) is 3.91. The average Bonchev–Trinajstić information content (AvgIpc) is 3.10. The Kier molecular flexibility index (Phi) is 6.05. The Balaban J connectivity index is 1.39. The number of carbonyl (C=O) groups excluding carboxylic acids is 1. The number of hydrogen-bond acceptors (Lipinski definition) is 4. The lowest BCUT2D eigenvalue weighted by Gasteiger charge is -2.46. The van der Waals surface area contributed by atoms with Gasteiger partial charge < -0.3 is 9.47 Å². The van der Waals surface area contributed by atoms with Gasteiger partial charge in [-0.2, -0.15) is 0 Å². The minimum absolute atomic E-state index is 0.0268. The predicted octanol–water partition coefficient (Wildman–Crippen LogP) is 6.05. The van der Waals surface area contributed by atoms with E-state index < -0.39 is 0 Å². The third-order valence-corrected chi connectivity index (χ3v) is 7.75. The zero-order valence-corrected chi connectivity index (χ0v) is 19.1. The Morgan fingerprint density at radius 1 is 1.21 bits per heavy atom. The molecule has 4 nitrogen and oxygen atoms in total. The molecule has 1 aliphatic heterocycles. The van der Waals surface area contributed by atoms with E-state index in [0.717, 1.165) is 42.5 Å². The van der Waals surface area contributed by atoms with Crippen LogP contribution in [0.4, 0.5) is 4.39 Å². The number of fused-ring (bicyclic) bond motifs is 2. The van der Waals surface area contributed by atoms with E-state index in [-0.39, 0.29) is 35.6 Å². The smallest absolute Gasteiger partial charge is 0.309 e. The number of benzene rings is 1. The number of carbonyl (C=O) groups is 1. The van der Waals surface area contributed by atoms with Crippen molar-refractivity contribution in [1.82, 2.24) is 4.98 Å². The standard InChI is InChI=1S/C28H30FNO3/c1-17-27-25(11-9-23-8-7-20(15-30-23)19-4-3-5-22(29)13-19)24-10-6-18(16-32-2)12-21(24)14-26(27)28(31)33-17/h3-5,7-9,11,13,15-17,21,24-27H,6,10,12,14H2,1-2H3/b11-9+,18-16+/t17-,21+,24-,25+,26-,27+/m1/s1. The Morgan fingerprint density at radius 3 is 2.85 bits per heavy atom. The van der Waals surface area contributed by atoms with E-state index in [0.29, 0.717) is 11.8 Å². The third kappa shape index (κ3) is 4.33. The molecule has 3 fully saturated rings. The number of hydrogen-bond donors (Lipinski definition) is 0. The van der Waals surface area contributed by atoms with Crippen molar-refractivity contribution in [2.45, 2.75) is 38.7 Å². The summed E-state index contributed by atoms with van der Waals surface area (Å²) in [6.45, 7) is 2.04. The van der Waals surface area contributed by atoms with Gasteiger partial charge in [-0.05, 0) is 85.8 Å². The minimum Gasteiger partial charge on any atom is -0.504 e. The lowest BCUT2D eigenvalue weighted by atomic mass is 9.57. The molecule has 0 amide bonds. The molecule has 5 rings (SSSR count). The van der Waals surface area contributed by atoms with Crippen molar-refractivity contribution in [1.29, 1.82) is 0 Å². The topological polar surface area (TPSA) is 48.4 Å². The largest absolute Gasteiger partial charge is 0.504 e. The summed E-state index contributed by atoms with van der Waals surface area (Å²) >= 11 is 0. The molecule has 2 saturated carbocycles. The molecule has 0 radical (unpaired) electrons. The summed E-state index contributed by atoms with van der Waals surface area (Å²) in [5.74, 6) is 1.18. The minimum atomic E-state index is -0.253. The van der Waals surface area contributed by atoms with Crippen LogP contribution in [0.15, 0.2) is 60.5 Å². The molecule has 0 spiro atoms. The van der Waals surface area contributed by atoms with Crippen LogP contribution in [-0.2, 0) is 14.3 Å². The molecule has 0 bridgehead atoms. The highest BCUT2D eigenvalue weighted by Gasteiger charge is 2.54. The number of esters is 1. The molecular formula is C28H30FNO3. The van der Waals surface area contributed by atoms with E-state index >= 15 is 0 Å². The molecule has 33 heavy (non-hydrogen) atoms. The summed E-state index contributed by atoms with van der Waals surface area (Å²) in [5, 5.41) is 0. The van der Waals surface area contributed by atoms with Crippen LogP contribution in [0.25, 0.3) is 17.2 Å². The summed E-state index contributed by atoms with van der Waals surface area (Å²) in [7, 11) is 1.70. The van der Waals surface area contributed by atoms with Crippen molar-refractivity contribution in [2.24, 2.45) is 29.6 Å². The molecular weight excluding hydrogens is 417 g/mol. The molecule has 0 N–H and O–H groups in total. The van der Waals surface area contributed by atoms with Gasteiger partial charge in [-0.3, -0.25) is 9.78 Å². The van der Waals surface area contributed by atoms with Crippen molar-refractivity contribution in [3.05, 3.63) is 72.0 Å². The van der Waals surface area contributed by atoms with Gasteiger partial charge in [-0.25, -0.2) is 4.39 Å². The van der Waals surface area contributed by atoms with E-state index in [1.807, 2.05) is 31.4 Å². The lowest BCUT2D eigenvalue weighted by Crippen LogP contribution is -2.43. The van der Waals surface area contributed by atoms with E-state index in [9.17, 15) is 9.18 Å². The third-order valence-electron chi connectivity index (χ3n) is 7.75. The van der Waals surface area contributed by atoms with Gasteiger partial charge in [0.25, 0.3) is 0 Å². The van der Waals surface area contributed by atoms with Gasteiger partial charge in [0.2, 0.25) is 0 Å². The second-order valence-electron chi connectivity index (χ2n) is 9.66. The van der Waals surface area contributed by atoms with Crippen molar-refractivity contribution >= 4 is 12.0 Å². The van der Waals surface area contributed by atoms with Crippen LogP contribution in [0.3, 0.4) is 0 Å². The summed E-state index contributed by atoms with van der Waals surface area (Å²) in [4.78, 5) is 17.2. The fourth-order valence-corrected chi connectivity index (χ4v) is 6.32. The summed E-state index contributed by atoms with van der Waals surface area (Å²) in [6.07, 6.45) is 12.0. The first-order valence-electron chi connectivity index (χ1n) is 11.8. The number of cyclic esters (lactones) is 1. The molecule has 6 atom stereocenters. The van der Waals surface area contributed by atoms with Crippen LogP contribution in [0, 0.1) is 35.4 Å². The highest BCUT2D eigenvalue weighted by atomic mass is 19.1. The van der Waals surface area contributed by atoms with Crippen LogP contribution >= 0.6 is 0 Å². The van der Waals surface area contributed by atoms with Crippen molar-refractivity contribution in [3.63, 3.8) is 0 Å². The van der Waals surface area contributed by atoms with Gasteiger partial charge in [0.05, 0.1) is 25.0 Å². The number of ether oxygens (including phenoxy) is 2. The number of pyridine rings is 1. The molecule has 5 heteroatoms. The Labute approximate surface area is 194 Å². The van der Waals surface area contributed by atoms with Gasteiger partial charge in [-0.1, -0.05) is 24.3 Å². The van der Waals surface area contributed by atoms with Gasteiger partial charge in [0, 0.05) is 17.7 Å². The number of methoxy groups -OCH3 is 1. The van der Waals surface area contributed by atoms with E-state index in [1.165, 1.54) is 17.7 Å². The normalized spacial score (nSPS) is 32.5. The molecule has 1 saturated heterocycles. The monoisotopic (exact) mass is 447 g/mol. The number of nitrogens with zero attached hydrogens (tertiary/aromatic N) is 1. The lowest BCUT2D eigenvalue weighted by molar-refractivity contribution is -0.144. The predicted molar refractivity (Wildman–Crippen MR) is 125 cm³/mol. The summed E-state index contributed by atoms with van der Waals surface area (Å²) < 4.78 is 24.5. The maximum Gasteiger partial charge on any atom is 0.309 e. The second kappa shape index (κ2) is 9.12. The van der Waals surface area contributed by atoms with Crippen LogP contribution in [0.1, 0.15) is 38.3 Å². The van der Waals surface area contributed by atoms with Gasteiger partial charge in [-0.15, -0.1) is 0 Å². The fraction of sp³-hybridized carbons (Fsp3) is 0.429. The number of aromatic nitrogens is 1. The van der Waals surface area contributed by atoms with E-state index in [4.69, 9.17) is 9.47 Å². The molecule has 2 aliphatic carbocycles. The van der Waals surface area contributed by atoms with E-state index in [1.54, 1.807) is 19.4 Å². The van der Waals surface area contributed by atoms with Gasteiger partial charge in [0.1, 0.15) is 11.9 Å². The van der Waals surface area contributed by atoms with Crippen LogP contribution in [0.5, 0.6) is 0 Å². The summed E-state index contributed by atoms with van der Waals surface area (Å²) in [6, 6.07) is 10.5. The first-order chi connectivity index (χ1) is 16.0. The zero-order chi connectivity index (χ0) is 22.9. The Hall–Kier alpha value is -2.95. The quantitative estimate of drug-likeness (QED) is 0.423. The zero-order valence-electron chi connectivity index (χ0n) is 19.1. The van der Waals surface area contributed by atoms with Crippen LogP contribution in [-0.4, -0.2) is 24.2 Å². The SMILES string of the molecule is CO/C=C1\CC[C@@H]2[C@@H](C1)C[C@H]1C(=O)O[C@H](C)[C@H]1[C@H]2/C=C/c1ccc(-c2cccc(F)c2)cn1. The maximum atomic E-state index is 13.6. The van der Waals surface area contributed by atoms with Gasteiger partial charge >= 0.3 is 5.97 Å². The first-order valence-corrected chi connectivity index (χ1v) is 11.8. The number of allylic oxidation sites excluding steroid dienone is 2. The Morgan fingerprint density at radius 2 is 2.09 bits per heavy atom. The van der Waals surface area contributed by atoms with E-state index in [2.05, 4.69) is 17.1 Å². The highest BCUT2D eigenvalue weighted by molar-refractivity contribution is 5.75.